The van der Waals surface area contributed by atoms with E-state index in [1.807, 2.05) is 22.8 Å². The molecule has 3 aromatic rings. The number of nitrogens with zero attached hydrogens (tertiary/aromatic N) is 7. The van der Waals surface area contributed by atoms with Gasteiger partial charge in [0.05, 0.1) is 25.0 Å². The van der Waals surface area contributed by atoms with Crippen LogP contribution in [0.4, 0.5) is 5.82 Å². The van der Waals surface area contributed by atoms with Gasteiger partial charge in [-0.15, -0.1) is 0 Å². The summed E-state index contributed by atoms with van der Waals surface area (Å²) in [6.45, 7) is 11.8. The smallest absolute Gasteiger partial charge is 0.192 e. The Kier molecular flexibility index (Phi) is 7.11. The molecule has 4 atom stereocenters. The lowest BCUT2D eigenvalue weighted by atomic mass is 10.1. The number of hydrogen-bond acceptors (Lipinski definition) is 8. The van der Waals surface area contributed by atoms with Crippen LogP contribution in [0.5, 0.6) is 0 Å². The average molecular weight is 496 g/mol. The maximum absolute atomic E-state index is 9.01. The third-order valence-electron chi connectivity index (χ3n) is 6.96. The highest BCUT2D eigenvalue weighted by molar-refractivity contribution is 6.74. The molecule has 4 rings (SSSR count). The summed E-state index contributed by atoms with van der Waals surface area (Å²) in [7, 11) is -2.23. The van der Waals surface area contributed by atoms with Crippen molar-refractivity contribution in [2.45, 2.75) is 69.9 Å². The standard InChI is InChI=1S/C23H33N9O2Si/c1-23(2,3)35(4,5)34-19-17(26-11-15-9-7-6-8-10-15)16(12-30-31-25)33-22(19)32-14-29-18-20(24)27-13-28-21(18)32/h6-10,13-14,16-17,19,22,26H,11-12H2,1-5H3,(H2,24,27,28)/t16-,17-,19?,22-/m1/s1. The lowest BCUT2D eigenvalue weighted by Crippen LogP contribution is -2.52. The molecule has 0 amide bonds. The average Bonchev–Trinajstić information content (AvgIpc) is 3.38. The van der Waals surface area contributed by atoms with E-state index in [1.54, 1.807) is 6.33 Å². The van der Waals surface area contributed by atoms with E-state index in [9.17, 15) is 0 Å². The van der Waals surface area contributed by atoms with Gasteiger partial charge in [-0.2, -0.15) is 0 Å². The van der Waals surface area contributed by atoms with Crippen molar-refractivity contribution >= 4 is 25.3 Å². The van der Waals surface area contributed by atoms with Crippen LogP contribution in [-0.2, 0) is 15.7 Å². The van der Waals surface area contributed by atoms with E-state index < -0.39 is 20.6 Å². The molecule has 3 heterocycles. The van der Waals surface area contributed by atoms with E-state index in [4.69, 9.17) is 20.4 Å². The maximum atomic E-state index is 9.01. The van der Waals surface area contributed by atoms with Crippen LogP contribution in [0.3, 0.4) is 0 Å². The number of nitrogens with two attached hydrogens (primary N) is 1. The van der Waals surface area contributed by atoms with E-state index in [0.717, 1.165) is 5.56 Å². The second kappa shape index (κ2) is 9.92. The molecular weight excluding hydrogens is 462 g/mol. The van der Waals surface area contributed by atoms with Crippen LogP contribution in [0.25, 0.3) is 21.6 Å². The van der Waals surface area contributed by atoms with Crippen LogP contribution in [0.2, 0.25) is 18.1 Å². The quantitative estimate of drug-likeness (QED) is 0.206. The molecular formula is C23H33N9O2Si. The minimum atomic E-state index is -2.23. The number of azide groups is 1. The number of anilines is 1. The van der Waals surface area contributed by atoms with Crippen molar-refractivity contribution in [1.29, 1.82) is 0 Å². The largest absolute Gasteiger partial charge is 0.408 e. The summed E-state index contributed by atoms with van der Waals surface area (Å²) < 4.78 is 15.3. The van der Waals surface area contributed by atoms with Gasteiger partial charge in [0, 0.05) is 11.5 Å². The molecule has 186 valence electrons. The topological polar surface area (TPSA) is 149 Å². The fourth-order valence-corrected chi connectivity index (χ4v) is 5.31. The molecule has 1 fully saturated rings. The normalized spacial score (nSPS) is 22.9. The van der Waals surface area contributed by atoms with Crippen molar-refractivity contribution in [3.63, 3.8) is 0 Å². The Labute approximate surface area is 205 Å². The molecule has 11 nitrogen and oxygen atoms in total. The summed E-state index contributed by atoms with van der Waals surface area (Å²) in [6, 6.07) is 9.90. The highest BCUT2D eigenvalue weighted by Gasteiger charge is 2.50. The highest BCUT2D eigenvalue weighted by atomic mass is 28.4. The first-order chi connectivity index (χ1) is 16.6. The van der Waals surface area contributed by atoms with Crippen molar-refractivity contribution in [3.8, 4) is 0 Å². The molecule has 35 heavy (non-hydrogen) atoms. The van der Waals surface area contributed by atoms with Crippen molar-refractivity contribution in [3.05, 3.63) is 59.0 Å². The minimum absolute atomic E-state index is 0.0198. The minimum Gasteiger partial charge on any atom is -0.408 e. The van der Waals surface area contributed by atoms with Gasteiger partial charge in [-0.25, -0.2) is 15.0 Å². The van der Waals surface area contributed by atoms with Gasteiger partial charge < -0.3 is 20.2 Å². The summed E-state index contributed by atoms with van der Waals surface area (Å²) in [5.74, 6) is 0.304. The molecule has 0 saturated carbocycles. The zero-order chi connectivity index (χ0) is 25.2. The van der Waals surface area contributed by atoms with Crippen molar-refractivity contribution in [1.82, 2.24) is 24.8 Å². The molecule has 0 spiro atoms. The number of imidazole rings is 1. The fourth-order valence-electron chi connectivity index (χ4n) is 4.01. The monoisotopic (exact) mass is 495 g/mol. The number of nitrogen functional groups attached to an aromatic ring is 1. The summed E-state index contributed by atoms with van der Waals surface area (Å²) >= 11 is 0. The molecule has 0 aliphatic carbocycles. The molecule has 1 aromatic carbocycles. The Morgan fingerprint density at radius 2 is 1.97 bits per heavy atom. The van der Waals surface area contributed by atoms with Crippen molar-refractivity contribution in [2.24, 2.45) is 5.11 Å². The Morgan fingerprint density at radius 3 is 2.66 bits per heavy atom. The van der Waals surface area contributed by atoms with E-state index in [1.165, 1.54) is 6.33 Å². The summed E-state index contributed by atoms with van der Waals surface area (Å²) in [5.41, 5.74) is 17.3. The van der Waals surface area contributed by atoms with E-state index in [2.05, 4.69) is 76.3 Å². The van der Waals surface area contributed by atoms with E-state index in [-0.39, 0.29) is 23.7 Å². The molecule has 0 bridgehead atoms. The second-order valence-corrected chi connectivity index (χ2v) is 15.1. The zero-order valence-corrected chi connectivity index (χ0v) is 21.8. The third-order valence-corrected chi connectivity index (χ3v) is 11.4. The highest BCUT2D eigenvalue weighted by Crippen LogP contribution is 2.42. The predicted molar refractivity (Wildman–Crippen MR) is 137 cm³/mol. The van der Waals surface area contributed by atoms with Gasteiger partial charge >= 0.3 is 0 Å². The van der Waals surface area contributed by atoms with Gasteiger partial charge in [-0.05, 0) is 29.2 Å². The van der Waals surface area contributed by atoms with Gasteiger partial charge in [0.2, 0.25) is 0 Å². The molecule has 1 unspecified atom stereocenters. The number of nitrogens with one attached hydrogen (secondary N) is 1. The van der Waals surface area contributed by atoms with E-state index >= 15 is 0 Å². The second-order valence-electron chi connectivity index (χ2n) is 10.3. The van der Waals surface area contributed by atoms with E-state index in [0.29, 0.717) is 23.5 Å². The summed E-state index contributed by atoms with van der Waals surface area (Å²) in [4.78, 5) is 15.9. The third kappa shape index (κ3) is 5.16. The molecule has 2 aromatic heterocycles. The first-order valence-electron chi connectivity index (χ1n) is 11.7. The van der Waals surface area contributed by atoms with Crippen LogP contribution in [0, 0.1) is 0 Å². The lowest BCUT2D eigenvalue weighted by molar-refractivity contribution is -0.0285. The molecule has 12 heteroatoms. The number of benzene rings is 1. The maximum Gasteiger partial charge on any atom is 0.192 e. The van der Waals surface area contributed by atoms with Crippen LogP contribution in [0.1, 0.15) is 32.6 Å². The van der Waals surface area contributed by atoms with Gasteiger partial charge in [0.15, 0.2) is 26.0 Å². The number of hydrogen-bond donors (Lipinski definition) is 2. The van der Waals surface area contributed by atoms with Crippen LogP contribution in [0.15, 0.2) is 48.1 Å². The molecule has 1 aliphatic heterocycles. The first kappa shape index (κ1) is 25.1. The lowest BCUT2D eigenvalue weighted by Gasteiger charge is -2.41. The molecule has 3 N–H and O–H groups in total. The van der Waals surface area contributed by atoms with Crippen molar-refractivity contribution in [2.75, 3.05) is 12.3 Å². The Morgan fingerprint density at radius 1 is 1.23 bits per heavy atom. The summed E-state index contributed by atoms with van der Waals surface area (Å²) in [5, 5.41) is 7.44. The Hall–Kier alpha value is -3.02. The molecule has 0 radical (unpaired) electrons. The summed E-state index contributed by atoms with van der Waals surface area (Å²) in [6.07, 6.45) is 1.73. The van der Waals surface area contributed by atoms with Gasteiger partial charge in [-0.1, -0.05) is 56.2 Å². The SMILES string of the molecule is CC(C)(C)[Si](C)(C)OC1[C@H](n2cnc3c(N)ncnc32)O[C@H](CN=[N+]=[N-])[C@H]1NCc1ccccc1. The Bertz CT molecular complexity index is 1200. The van der Waals surface area contributed by atoms with Crippen molar-refractivity contribution < 1.29 is 9.16 Å². The van der Waals surface area contributed by atoms with Crippen LogP contribution in [-0.4, -0.2) is 52.6 Å². The van der Waals surface area contributed by atoms with Crippen LogP contribution >= 0.6 is 0 Å². The van der Waals surface area contributed by atoms with Gasteiger partial charge in [0.1, 0.15) is 17.9 Å². The number of ether oxygens (including phenoxy) is 1. The Balaban J connectivity index is 1.75. The number of fused-ring (bicyclic) bond motifs is 1. The fraction of sp³-hybridized carbons (Fsp3) is 0.522. The molecule has 1 aliphatic rings. The first-order valence-corrected chi connectivity index (χ1v) is 14.6. The van der Waals surface area contributed by atoms with Gasteiger partial charge in [-0.3, -0.25) is 4.57 Å². The molecule has 1 saturated heterocycles. The number of aromatic nitrogens is 4. The van der Waals surface area contributed by atoms with Crippen LogP contribution < -0.4 is 11.1 Å². The zero-order valence-electron chi connectivity index (χ0n) is 20.8. The predicted octanol–water partition coefficient (Wildman–Crippen LogP) is 4.17. The van der Waals surface area contributed by atoms with Gasteiger partial charge in [0.25, 0.3) is 0 Å². The number of rotatable bonds is 8.